The van der Waals surface area contributed by atoms with E-state index in [-0.39, 0.29) is 0 Å². The van der Waals surface area contributed by atoms with Crippen LogP contribution in [0.1, 0.15) is 29.5 Å². The highest BCUT2D eigenvalue weighted by Gasteiger charge is 2.22. The molecule has 1 atom stereocenters. The van der Waals surface area contributed by atoms with Crippen molar-refractivity contribution < 1.29 is 19.1 Å². The lowest BCUT2D eigenvalue weighted by Crippen LogP contribution is -2.41. The van der Waals surface area contributed by atoms with E-state index in [9.17, 15) is 9.59 Å². The van der Waals surface area contributed by atoms with Crippen molar-refractivity contribution >= 4 is 23.6 Å². The molecule has 1 unspecified atom stereocenters. The van der Waals surface area contributed by atoms with Crippen molar-refractivity contribution in [3.8, 4) is 0 Å². The predicted octanol–water partition coefficient (Wildman–Crippen LogP) is 1.78. The molecule has 0 aromatic carbocycles. The first-order valence-corrected chi connectivity index (χ1v) is 7.08. The van der Waals surface area contributed by atoms with Gasteiger partial charge in [0.25, 0.3) is 5.91 Å². The first-order valence-electron chi connectivity index (χ1n) is 5.69. The van der Waals surface area contributed by atoms with Crippen molar-refractivity contribution in [3.63, 3.8) is 0 Å². The van der Waals surface area contributed by atoms with E-state index in [4.69, 9.17) is 9.52 Å². The normalized spacial score (nSPS) is 12.1. The quantitative estimate of drug-likeness (QED) is 0.790. The molecule has 0 fully saturated rings. The number of carboxylic acids is 1. The van der Waals surface area contributed by atoms with Crippen molar-refractivity contribution in [1.82, 2.24) is 5.32 Å². The number of furan rings is 1. The number of rotatable bonds is 7. The second-order valence-electron chi connectivity index (χ2n) is 3.76. The molecule has 1 aromatic rings. The van der Waals surface area contributed by atoms with Crippen molar-refractivity contribution in [1.29, 1.82) is 0 Å². The number of hydrogen-bond donors (Lipinski definition) is 2. The topological polar surface area (TPSA) is 79.5 Å². The Morgan fingerprint density at radius 3 is 2.83 bits per heavy atom. The summed E-state index contributed by atoms with van der Waals surface area (Å²) in [6, 6.07) is 0.700. The summed E-state index contributed by atoms with van der Waals surface area (Å²) in [5.41, 5.74) is 0.410. The van der Waals surface area contributed by atoms with E-state index in [0.717, 1.165) is 0 Å². The minimum atomic E-state index is -1.01. The maximum Gasteiger partial charge on any atom is 0.326 e. The largest absolute Gasteiger partial charge is 0.480 e. The molecule has 1 aromatic heterocycles. The van der Waals surface area contributed by atoms with Gasteiger partial charge >= 0.3 is 5.97 Å². The standard InChI is InChI=1S/C12H17NO4S/c1-3-10-8(4-6-17-10)11(14)13-9(12(15)16)5-7-18-2/h4,6,9H,3,5,7H2,1-2H3,(H,13,14)(H,15,16). The summed E-state index contributed by atoms with van der Waals surface area (Å²) in [7, 11) is 0. The van der Waals surface area contributed by atoms with Gasteiger partial charge in [0.05, 0.1) is 11.8 Å². The molecule has 6 heteroatoms. The zero-order valence-electron chi connectivity index (χ0n) is 10.4. The highest BCUT2D eigenvalue weighted by molar-refractivity contribution is 7.98. The van der Waals surface area contributed by atoms with Crippen molar-refractivity contribution in [3.05, 3.63) is 23.7 Å². The molecule has 0 spiro atoms. The molecule has 18 heavy (non-hydrogen) atoms. The van der Waals surface area contributed by atoms with Gasteiger partial charge in [0.1, 0.15) is 11.8 Å². The number of aryl methyl sites for hydroxylation is 1. The summed E-state index contributed by atoms with van der Waals surface area (Å²) in [4.78, 5) is 22.9. The number of hydrogen-bond acceptors (Lipinski definition) is 4. The summed E-state index contributed by atoms with van der Waals surface area (Å²) in [6.07, 6.45) is 4.33. The van der Waals surface area contributed by atoms with Crippen LogP contribution in [0.25, 0.3) is 0 Å². The zero-order chi connectivity index (χ0) is 13.5. The Morgan fingerprint density at radius 1 is 1.56 bits per heavy atom. The van der Waals surface area contributed by atoms with Gasteiger partial charge in [-0.1, -0.05) is 6.92 Å². The lowest BCUT2D eigenvalue weighted by atomic mass is 10.1. The van der Waals surface area contributed by atoms with Crippen LogP contribution in [-0.4, -0.2) is 35.0 Å². The number of amides is 1. The van der Waals surface area contributed by atoms with Crippen LogP contribution in [0.2, 0.25) is 0 Å². The van der Waals surface area contributed by atoms with E-state index >= 15 is 0 Å². The van der Waals surface area contributed by atoms with Gasteiger partial charge in [-0.05, 0) is 24.5 Å². The Labute approximate surface area is 110 Å². The zero-order valence-corrected chi connectivity index (χ0v) is 11.3. The first kappa shape index (κ1) is 14.6. The smallest absolute Gasteiger partial charge is 0.326 e. The third-order valence-corrected chi connectivity index (χ3v) is 3.17. The van der Waals surface area contributed by atoms with Crippen LogP contribution in [0.5, 0.6) is 0 Å². The summed E-state index contributed by atoms with van der Waals surface area (Å²) in [5.74, 6) is -0.155. The third kappa shape index (κ3) is 3.80. The van der Waals surface area contributed by atoms with Crippen molar-refractivity contribution in [2.75, 3.05) is 12.0 Å². The monoisotopic (exact) mass is 271 g/mol. The molecule has 0 aliphatic carbocycles. The van der Waals surface area contributed by atoms with Crippen molar-refractivity contribution in [2.24, 2.45) is 0 Å². The SMILES string of the molecule is CCc1occc1C(=O)NC(CCSC)C(=O)O. The molecule has 1 rings (SSSR count). The van der Waals surface area contributed by atoms with Gasteiger partial charge in [-0.3, -0.25) is 4.79 Å². The fourth-order valence-electron chi connectivity index (χ4n) is 1.55. The maximum absolute atomic E-state index is 11.9. The Hall–Kier alpha value is -1.43. The average Bonchev–Trinajstić information content (AvgIpc) is 2.82. The number of thioether (sulfide) groups is 1. The molecule has 0 bridgehead atoms. The Morgan fingerprint density at radius 2 is 2.28 bits per heavy atom. The van der Waals surface area contributed by atoms with Crippen LogP contribution in [0.4, 0.5) is 0 Å². The van der Waals surface area contributed by atoms with Crippen LogP contribution in [0, 0.1) is 0 Å². The fourth-order valence-corrected chi connectivity index (χ4v) is 2.02. The molecule has 0 aliphatic heterocycles. The lowest BCUT2D eigenvalue weighted by Gasteiger charge is -2.13. The van der Waals surface area contributed by atoms with Crippen LogP contribution >= 0.6 is 11.8 Å². The average molecular weight is 271 g/mol. The minimum absolute atomic E-state index is 0.394. The van der Waals surface area contributed by atoms with Crippen LogP contribution in [-0.2, 0) is 11.2 Å². The first-order chi connectivity index (χ1) is 8.60. The van der Waals surface area contributed by atoms with E-state index in [1.807, 2.05) is 13.2 Å². The van der Waals surface area contributed by atoms with E-state index in [1.165, 1.54) is 6.26 Å². The molecule has 0 radical (unpaired) electrons. The summed E-state index contributed by atoms with van der Waals surface area (Å²) >= 11 is 1.55. The van der Waals surface area contributed by atoms with Gasteiger partial charge in [0.2, 0.25) is 0 Å². The van der Waals surface area contributed by atoms with E-state index < -0.39 is 17.9 Å². The van der Waals surface area contributed by atoms with Gasteiger partial charge in [-0.15, -0.1) is 0 Å². The fraction of sp³-hybridized carbons (Fsp3) is 0.500. The number of aliphatic carboxylic acids is 1. The Kier molecular flexibility index (Phi) is 5.77. The second-order valence-corrected chi connectivity index (χ2v) is 4.74. The third-order valence-electron chi connectivity index (χ3n) is 2.53. The van der Waals surface area contributed by atoms with E-state index in [0.29, 0.717) is 29.9 Å². The van der Waals surface area contributed by atoms with Crippen LogP contribution in [0.3, 0.4) is 0 Å². The van der Waals surface area contributed by atoms with E-state index in [1.54, 1.807) is 17.8 Å². The second kappa shape index (κ2) is 7.10. The van der Waals surface area contributed by atoms with Crippen molar-refractivity contribution in [2.45, 2.75) is 25.8 Å². The molecule has 100 valence electrons. The number of carbonyl (C=O) groups is 2. The molecular formula is C12H17NO4S. The van der Waals surface area contributed by atoms with Gasteiger partial charge < -0.3 is 14.8 Å². The molecule has 0 saturated heterocycles. The molecular weight excluding hydrogens is 254 g/mol. The predicted molar refractivity (Wildman–Crippen MR) is 70.0 cm³/mol. The summed E-state index contributed by atoms with van der Waals surface area (Å²) < 4.78 is 5.15. The molecule has 0 saturated carbocycles. The van der Waals surface area contributed by atoms with Crippen LogP contribution < -0.4 is 5.32 Å². The maximum atomic E-state index is 11.9. The number of nitrogens with one attached hydrogen (secondary N) is 1. The van der Waals surface area contributed by atoms with Gasteiger partial charge in [0, 0.05) is 6.42 Å². The Balaban J connectivity index is 2.69. The highest BCUT2D eigenvalue weighted by Crippen LogP contribution is 2.12. The summed E-state index contributed by atoms with van der Waals surface area (Å²) in [6.45, 7) is 1.87. The lowest BCUT2D eigenvalue weighted by molar-refractivity contribution is -0.139. The molecule has 0 aliphatic rings. The van der Waals surface area contributed by atoms with Gasteiger partial charge in [-0.2, -0.15) is 11.8 Å². The van der Waals surface area contributed by atoms with Gasteiger partial charge in [-0.25, -0.2) is 4.79 Å². The molecule has 1 amide bonds. The van der Waals surface area contributed by atoms with Crippen LogP contribution in [0.15, 0.2) is 16.7 Å². The molecule has 5 nitrogen and oxygen atoms in total. The highest BCUT2D eigenvalue weighted by atomic mass is 32.2. The minimum Gasteiger partial charge on any atom is -0.480 e. The van der Waals surface area contributed by atoms with Gasteiger partial charge in [0.15, 0.2) is 0 Å². The Bertz CT molecular complexity index is 416. The summed E-state index contributed by atoms with van der Waals surface area (Å²) in [5, 5.41) is 11.5. The number of carbonyl (C=O) groups excluding carboxylic acids is 1. The molecule has 2 N–H and O–H groups in total. The number of carboxylic acid groups (broad SMARTS) is 1. The molecule has 1 heterocycles. The van der Waals surface area contributed by atoms with E-state index in [2.05, 4.69) is 5.32 Å².